The van der Waals surface area contributed by atoms with E-state index in [2.05, 4.69) is 154 Å². The summed E-state index contributed by atoms with van der Waals surface area (Å²) in [5.41, 5.74) is 4.11. The van der Waals surface area contributed by atoms with Crippen LogP contribution in [0.3, 0.4) is 0 Å². The number of hydrazine groups is 1. The molecule has 11 aliphatic rings. The Bertz CT molecular complexity index is 2900. The van der Waals surface area contributed by atoms with Crippen LogP contribution in [0.4, 0.5) is 13.2 Å². The van der Waals surface area contributed by atoms with Gasteiger partial charge >= 0.3 is 12.1 Å². The number of sulfone groups is 1. The lowest BCUT2D eigenvalue weighted by atomic mass is 9.73. The van der Waals surface area contributed by atoms with Crippen molar-refractivity contribution in [3.8, 4) is 12.3 Å². The smallest absolute Gasteiger partial charge is 0.391 e. The number of aromatic nitrogens is 4. The molecular weight excluding hydrogens is 1500 g/mol. The Balaban J connectivity index is 0.000000434. The lowest BCUT2D eigenvalue weighted by Gasteiger charge is -2.35. The zero-order valence-electron chi connectivity index (χ0n) is 79.3. The van der Waals surface area contributed by atoms with Gasteiger partial charge in [-0.1, -0.05) is 176 Å². The van der Waals surface area contributed by atoms with Crippen LogP contribution in [-0.2, 0) is 56.0 Å². The van der Waals surface area contributed by atoms with E-state index < -0.39 is 21.9 Å². The van der Waals surface area contributed by atoms with Gasteiger partial charge in [0.05, 0.1) is 70.1 Å². The van der Waals surface area contributed by atoms with Crippen molar-refractivity contribution in [1.29, 1.82) is 0 Å². The molecule has 7 heterocycles. The summed E-state index contributed by atoms with van der Waals surface area (Å²) in [5, 5.41) is 6.02. The van der Waals surface area contributed by atoms with Crippen LogP contribution >= 0.6 is 0 Å². The maximum absolute atomic E-state index is 12.1. The molecule has 17 nitrogen and oxygen atoms in total. The number of carbonyl (C=O) groups excluding carboxylic acids is 1. The lowest BCUT2D eigenvalue weighted by Crippen LogP contribution is -2.52. The van der Waals surface area contributed by atoms with Gasteiger partial charge in [0.2, 0.25) is 0 Å². The number of hydrogen-bond donors (Lipinski definition) is 1. The van der Waals surface area contributed by atoms with Gasteiger partial charge in [-0.2, -0.15) is 18.3 Å². The summed E-state index contributed by atoms with van der Waals surface area (Å²) in [6.45, 7) is 64.8. The van der Waals surface area contributed by atoms with Gasteiger partial charge in [0, 0.05) is 95.3 Å². The molecule has 3 atom stereocenters. The molecule has 1 N–H and O–H groups in total. The van der Waals surface area contributed by atoms with Gasteiger partial charge in [-0.25, -0.2) is 23.4 Å². The largest absolute Gasteiger partial charge is 0.466 e. The predicted molar refractivity (Wildman–Crippen MR) is 480 cm³/mol. The van der Waals surface area contributed by atoms with Crippen molar-refractivity contribution >= 4 is 15.8 Å². The van der Waals surface area contributed by atoms with Crippen molar-refractivity contribution in [1.82, 2.24) is 40.0 Å². The number of ether oxygens (including phenoxy) is 6. The molecule has 13 rings (SSSR count). The number of likely N-dealkylation sites (tertiary alicyclic amines) is 1. The molecule has 117 heavy (non-hydrogen) atoms. The molecule has 5 aliphatic heterocycles. The average molecular weight is 1680 g/mol. The number of carbonyl (C=O) groups is 1. The molecule has 21 heteroatoms. The van der Waals surface area contributed by atoms with Gasteiger partial charge in [-0.3, -0.25) is 19.8 Å². The second-order valence-corrected chi connectivity index (χ2v) is 42.5. The number of esters is 1. The van der Waals surface area contributed by atoms with E-state index in [1.807, 2.05) is 82.8 Å². The highest BCUT2D eigenvalue weighted by molar-refractivity contribution is 7.91. The predicted octanol–water partition coefficient (Wildman–Crippen LogP) is 22.5. The number of halogens is 3. The Morgan fingerprint density at radius 3 is 1.49 bits per heavy atom. The number of terminal acetylenes is 1. The highest BCUT2D eigenvalue weighted by Gasteiger charge is 2.41. The second kappa shape index (κ2) is 58.0. The molecule has 5 saturated heterocycles. The van der Waals surface area contributed by atoms with Crippen molar-refractivity contribution in [3.63, 3.8) is 0 Å². The highest BCUT2D eigenvalue weighted by Crippen LogP contribution is 2.49. The van der Waals surface area contributed by atoms with Crippen molar-refractivity contribution in [2.45, 2.75) is 357 Å². The summed E-state index contributed by atoms with van der Waals surface area (Å²) in [5.74, 6) is 12.0. The third-order valence-corrected chi connectivity index (χ3v) is 25.1. The lowest BCUT2D eigenvalue weighted by molar-refractivity contribution is -0.262. The van der Waals surface area contributed by atoms with Gasteiger partial charge in [-0.15, -0.1) is 12.3 Å². The number of hydrogen-bond acceptors (Lipinski definition) is 16. The highest BCUT2D eigenvalue weighted by atomic mass is 32.2. The van der Waals surface area contributed by atoms with E-state index in [1.165, 1.54) is 135 Å². The number of aryl methyl sites for hydroxylation is 1. The molecule has 0 amide bonds. The number of alkyl halides is 3. The van der Waals surface area contributed by atoms with E-state index in [9.17, 15) is 26.4 Å². The summed E-state index contributed by atoms with van der Waals surface area (Å²) in [6.07, 6.45) is 39.0. The van der Waals surface area contributed by atoms with E-state index in [1.54, 1.807) is 12.4 Å². The first kappa shape index (κ1) is 110. The Hall–Kier alpha value is -3.30. The monoisotopic (exact) mass is 1680 g/mol. The third-order valence-electron chi connectivity index (χ3n) is 23.3. The van der Waals surface area contributed by atoms with E-state index in [0.717, 1.165) is 139 Å². The summed E-state index contributed by atoms with van der Waals surface area (Å²) in [6, 6.07) is 3.86. The van der Waals surface area contributed by atoms with Gasteiger partial charge in [0.1, 0.15) is 5.82 Å². The quantitative estimate of drug-likeness (QED) is 0.124. The van der Waals surface area contributed by atoms with Gasteiger partial charge in [0.25, 0.3) is 0 Å². The molecule has 0 radical (unpaired) electrons. The summed E-state index contributed by atoms with van der Waals surface area (Å²) in [7, 11) is -0.943. The first-order valence-corrected chi connectivity index (χ1v) is 48.3. The van der Waals surface area contributed by atoms with Crippen LogP contribution in [0.5, 0.6) is 0 Å². The maximum Gasteiger partial charge on any atom is 0.391 e. The molecule has 684 valence electrons. The SMILES string of the molecule is C#CC1CCCCC1C.CC(C)(C)CN1CCCC1.CC(C)(C)CN1CCOCC1.CC(C)C1CC1.CC(C)CC1(C)OCCCO1.CC(C)CC1(C)OCCO1.CC(C)Cn1cccn1.CC(C1CC1)C1CC1.CC1CCC(C(F)(F)F)CC1.CCOC(=O)CC1(C)CCCCC1.CCc1ncccn1.CNN1CCS(=O)(=O)CC1C. The minimum absolute atomic E-state index is 0.0214. The van der Waals surface area contributed by atoms with Crippen molar-refractivity contribution in [3.05, 3.63) is 42.7 Å². The topological polar surface area (TPSA) is 172 Å². The van der Waals surface area contributed by atoms with Crippen LogP contribution in [-0.4, -0.2) is 183 Å². The van der Waals surface area contributed by atoms with Crippen molar-refractivity contribution in [2.75, 3.05) is 111 Å². The van der Waals surface area contributed by atoms with Gasteiger partial charge < -0.3 is 33.3 Å². The number of rotatable bonds is 16. The van der Waals surface area contributed by atoms with Crippen LogP contribution < -0.4 is 5.43 Å². The van der Waals surface area contributed by atoms with E-state index in [0.29, 0.717) is 72.8 Å². The molecule has 3 unspecified atom stereocenters. The Labute approximate surface area is 716 Å². The Morgan fingerprint density at radius 2 is 1.11 bits per heavy atom. The molecule has 0 aromatic carbocycles. The fraction of sp³-hybridized carbons (Fsp3) is 0.896. The maximum atomic E-state index is 12.1. The zero-order chi connectivity index (χ0) is 87.9. The van der Waals surface area contributed by atoms with E-state index in [4.69, 9.17) is 34.8 Å². The van der Waals surface area contributed by atoms with Crippen LogP contribution in [0.25, 0.3) is 0 Å². The zero-order valence-corrected chi connectivity index (χ0v) is 80.1. The summed E-state index contributed by atoms with van der Waals surface area (Å²) < 4.78 is 92.5. The van der Waals surface area contributed by atoms with Crippen LogP contribution in [0.15, 0.2) is 36.9 Å². The van der Waals surface area contributed by atoms with E-state index >= 15 is 0 Å². The summed E-state index contributed by atoms with van der Waals surface area (Å²) in [4.78, 5) is 24.3. The third kappa shape index (κ3) is 56.2. The van der Waals surface area contributed by atoms with Crippen LogP contribution in [0.2, 0.25) is 0 Å². The van der Waals surface area contributed by atoms with Crippen molar-refractivity contribution in [2.24, 2.45) is 87.3 Å². The first-order valence-electron chi connectivity index (χ1n) is 46.5. The molecule has 0 spiro atoms. The van der Waals surface area contributed by atoms with Crippen LogP contribution in [0, 0.1) is 99.6 Å². The average Bonchev–Trinajstić information content (AvgIpc) is 1.65. The molecule has 0 bridgehead atoms. The second-order valence-electron chi connectivity index (χ2n) is 40.2. The molecular formula is C96H179F3N8O9S. The number of nitrogens with zero attached hydrogens (tertiary/aromatic N) is 7. The normalized spacial score (nSPS) is 24.1. The van der Waals surface area contributed by atoms with Gasteiger partial charge in [0.15, 0.2) is 21.4 Å². The minimum Gasteiger partial charge on any atom is -0.466 e. The minimum atomic E-state index is -3.94. The molecule has 11 fully saturated rings. The standard InChI is InChI=1S/C11H20O2.C9H19NO.C9H19N.C9H18O2.C9H14.C8H13F3.C8H16O2.C8H14.C7H12N2.C6H14N2O2S.C6H8N2.C6H12/c1-3-13-10(12)9-11(2)7-5-4-6-8-11;1-9(2,3)8-10-4-6-11-7-5-10;1-9(2,3)8-10-6-4-5-7-10;1-8(2)7-9(3)10-5-4-6-11-9;1-3-9-7-5-4-6-8(9)2;1-6-2-4-7(5-3-6)8(9,10)11;1-7(2)6-8(3)9-4-5-10-8;1-6(7-2-3-7)8-4-5-8;1-7(2)6-9-5-3-4-8-9;1-6-5-11(9,10)4-3-8(6)7-2;1-2-6-7-4-3-5-8-6;1-5(2)6-3-4-6/h3-9H2,1-2H3;4-8H2,1-3H3;4-8H2,1-3H3;8H,4-7H2,1-3H3;1,8-9H,4-7H2,2H3;6-7H,2-5H2,1H3;7H,4-6H2,1-3H3;6-8H,2-5H2,1H3;3-5,7H,6H2,1-2H3;6-7H,3-5H2,1-2H3;3-5H,2H2,1H3;5-6H,3-4H2,1-2H3. The fourth-order valence-corrected chi connectivity index (χ4v) is 17.9. The fourth-order valence-electron chi connectivity index (χ4n) is 16.3. The Morgan fingerprint density at radius 1 is 0.615 bits per heavy atom. The number of morpholine rings is 1. The molecule has 2 aromatic rings. The van der Waals surface area contributed by atoms with E-state index in [-0.39, 0.29) is 40.5 Å². The number of nitrogens with one attached hydrogen (secondary N) is 1. The van der Waals surface area contributed by atoms with Crippen LogP contribution in [0.1, 0.15) is 326 Å². The van der Waals surface area contributed by atoms with Crippen molar-refractivity contribution < 1.29 is 54.8 Å². The van der Waals surface area contributed by atoms with Gasteiger partial charge in [-0.05, 0) is 232 Å². The molecule has 6 saturated carbocycles. The molecule has 2 aromatic heterocycles. The Kier molecular flexibility index (Phi) is 54.4. The summed E-state index contributed by atoms with van der Waals surface area (Å²) >= 11 is 0. The first-order chi connectivity index (χ1) is 54.9. The molecule has 6 aliphatic carbocycles.